The molecule has 0 aromatic heterocycles. The second kappa shape index (κ2) is 7.19. The molecule has 5 heteroatoms. The molecule has 0 radical (unpaired) electrons. The Morgan fingerprint density at radius 2 is 1.92 bits per heavy atom. The molecule has 3 nitrogen and oxygen atoms in total. The number of benzene rings is 2. The average Bonchev–Trinajstić information content (AvgIpc) is 2.55. The largest absolute Gasteiger partial charge is 1.00 e. The molecule has 0 unspecified atom stereocenters. The third-order valence-electron chi connectivity index (χ3n) is 4.92. The molecule has 4 rings (SSSR count). The van der Waals surface area contributed by atoms with Crippen LogP contribution in [0.25, 0.3) is 20.8 Å². The zero-order valence-electron chi connectivity index (χ0n) is 13.5. The van der Waals surface area contributed by atoms with Crippen LogP contribution < -0.4 is 33.1 Å². The van der Waals surface area contributed by atoms with Gasteiger partial charge in [0, 0.05) is 23.9 Å². The molecule has 2 aliphatic carbocycles. The molecule has 1 fully saturated rings. The molecule has 1 aromatic rings. The minimum atomic E-state index is 0. The number of hydrogen-bond donors (Lipinski definition) is 1. The lowest BCUT2D eigenvalue weighted by molar-refractivity contribution is -0.330. The number of H-pyrrole nitrogens is 1. The lowest BCUT2D eigenvalue weighted by Gasteiger charge is -2.22. The van der Waals surface area contributed by atoms with Gasteiger partial charge < -0.3 is 22.7 Å². The molecule has 0 bridgehead atoms. The van der Waals surface area contributed by atoms with E-state index >= 15 is 0 Å². The number of nitrogens with two attached hydrogens (primary N) is 1. The minimum Gasteiger partial charge on any atom is -1.00 e. The third kappa shape index (κ3) is 3.47. The number of nitrogen functional groups attached to an aromatic ring is 1. The fourth-order valence-electron chi connectivity index (χ4n) is 3.66. The molecular weight excluding hydrogens is 384 g/mol. The monoisotopic (exact) mass is 404 g/mol. The normalized spacial score (nSPS) is 15.5. The number of rotatable bonds is 2. The van der Waals surface area contributed by atoms with E-state index in [0.29, 0.717) is 0 Å². The number of anilines is 1. The summed E-state index contributed by atoms with van der Waals surface area (Å²) < 4.78 is 1.10. The average molecular weight is 405 g/mol. The first-order valence-corrected chi connectivity index (χ1v) is 9.19. The Kier molecular flexibility index (Phi) is 5.21. The van der Waals surface area contributed by atoms with Gasteiger partial charge in [0.05, 0.1) is 0 Å². The molecular formula is C19H21BrN2OS. The van der Waals surface area contributed by atoms with E-state index in [1.165, 1.54) is 37.7 Å². The van der Waals surface area contributed by atoms with Gasteiger partial charge in [-0.05, 0) is 30.0 Å². The second-order valence-corrected chi connectivity index (χ2v) is 7.72. The number of aromatic nitrogens is 1. The van der Waals surface area contributed by atoms with Gasteiger partial charge in [0.1, 0.15) is 9.58 Å². The van der Waals surface area contributed by atoms with Crippen molar-refractivity contribution in [2.75, 3.05) is 5.73 Å². The summed E-state index contributed by atoms with van der Waals surface area (Å²) in [4.78, 5) is 16.0. The van der Waals surface area contributed by atoms with Gasteiger partial charge in [0.25, 0.3) is 0 Å². The summed E-state index contributed by atoms with van der Waals surface area (Å²) in [5.74, 6) is 0.774. The van der Waals surface area contributed by atoms with Crippen LogP contribution in [0.4, 0.5) is 5.69 Å². The Hall–Kier alpha value is -1.46. The van der Waals surface area contributed by atoms with Gasteiger partial charge >= 0.3 is 0 Å². The molecule has 0 spiro atoms. The molecule has 0 amide bonds. The van der Waals surface area contributed by atoms with Gasteiger partial charge in [-0.15, -0.1) is 11.3 Å². The summed E-state index contributed by atoms with van der Waals surface area (Å²) in [6.45, 7) is 0. The Balaban J connectivity index is 0.00000169. The van der Waals surface area contributed by atoms with E-state index in [4.69, 9.17) is 5.73 Å². The van der Waals surface area contributed by atoms with Crippen LogP contribution in [0.15, 0.2) is 35.1 Å². The van der Waals surface area contributed by atoms with Crippen LogP contribution in [0.5, 0.6) is 0 Å². The Morgan fingerprint density at radius 1 is 1.12 bits per heavy atom. The molecule has 1 saturated carbocycles. The van der Waals surface area contributed by atoms with Crippen molar-refractivity contribution in [2.45, 2.75) is 38.5 Å². The Morgan fingerprint density at radius 3 is 2.71 bits per heavy atom. The highest BCUT2D eigenvalue weighted by atomic mass is 79.9. The summed E-state index contributed by atoms with van der Waals surface area (Å²) in [5.41, 5.74) is 10.6. The van der Waals surface area contributed by atoms with Crippen LogP contribution >= 0.6 is 11.3 Å². The van der Waals surface area contributed by atoms with Crippen molar-refractivity contribution in [3.8, 4) is 10.6 Å². The maximum Gasteiger partial charge on any atom is 0.221 e. The van der Waals surface area contributed by atoms with Crippen LogP contribution in [0.1, 0.15) is 37.7 Å². The first kappa shape index (κ1) is 17.4. The summed E-state index contributed by atoms with van der Waals surface area (Å²) in [6.07, 6.45) is 7.83. The lowest BCUT2D eigenvalue weighted by Crippen LogP contribution is -3.00. The van der Waals surface area contributed by atoms with Gasteiger partial charge in [-0.1, -0.05) is 32.1 Å². The quantitative estimate of drug-likeness (QED) is 0.509. The molecule has 24 heavy (non-hydrogen) atoms. The summed E-state index contributed by atoms with van der Waals surface area (Å²) >= 11 is 1.62. The van der Waals surface area contributed by atoms with Crippen molar-refractivity contribution >= 4 is 27.2 Å². The fourth-order valence-corrected chi connectivity index (χ4v) is 4.70. The molecule has 3 aliphatic rings. The smallest absolute Gasteiger partial charge is 0.221 e. The van der Waals surface area contributed by atoms with E-state index in [-0.39, 0.29) is 22.4 Å². The molecule has 1 heterocycles. The lowest BCUT2D eigenvalue weighted by atomic mass is 9.84. The second-order valence-electron chi connectivity index (χ2n) is 6.64. The number of fused-ring (bicyclic) bond motifs is 2. The first-order chi connectivity index (χ1) is 11.2. The van der Waals surface area contributed by atoms with Crippen molar-refractivity contribution in [1.82, 2.24) is 0 Å². The predicted molar refractivity (Wildman–Crippen MR) is 96.0 cm³/mol. The van der Waals surface area contributed by atoms with Gasteiger partial charge in [-0.3, -0.25) is 4.79 Å². The van der Waals surface area contributed by atoms with E-state index < -0.39 is 0 Å². The molecule has 0 atom stereocenters. The van der Waals surface area contributed by atoms with E-state index in [2.05, 4.69) is 17.1 Å². The Bertz CT molecular complexity index is 886. The van der Waals surface area contributed by atoms with Crippen LogP contribution in [0, 0.1) is 5.92 Å². The van der Waals surface area contributed by atoms with Crippen LogP contribution in [0.2, 0.25) is 0 Å². The number of aromatic amines is 1. The molecule has 126 valence electrons. The highest BCUT2D eigenvalue weighted by Gasteiger charge is 2.19. The van der Waals surface area contributed by atoms with Crippen LogP contribution in [-0.4, -0.2) is 0 Å². The van der Waals surface area contributed by atoms with E-state index in [1.54, 1.807) is 23.5 Å². The summed E-state index contributed by atoms with van der Waals surface area (Å²) in [6, 6.07) is 9.43. The van der Waals surface area contributed by atoms with E-state index in [9.17, 15) is 4.79 Å². The molecule has 1 aromatic carbocycles. The van der Waals surface area contributed by atoms with Crippen molar-refractivity contribution in [3.05, 3.63) is 46.1 Å². The standard InChI is InChI=1S/C19H20N2OS.BrH/c20-15-11-19-17(9-13(15)8-12-4-2-1-3-5-12)21-16-7-6-14(22)10-18(16)23-19;/h6-7,9-12H,1-5,8,20H2;1H. The number of hydrogen-bond acceptors (Lipinski definition) is 3. The summed E-state index contributed by atoms with van der Waals surface area (Å²) in [5, 5.41) is 0. The maximum absolute atomic E-state index is 11.5. The molecule has 0 saturated heterocycles. The van der Waals surface area contributed by atoms with Crippen LogP contribution in [-0.2, 0) is 6.42 Å². The maximum atomic E-state index is 11.5. The van der Waals surface area contributed by atoms with E-state index in [0.717, 1.165) is 38.8 Å². The van der Waals surface area contributed by atoms with E-state index in [1.807, 2.05) is 6.07 Å². The van der Waals surface area contributed by atoms with Gasteiger partial charge in [0.2, 0.25) is 11.2 Å². The SMILES string of the molecule is Nc1cc2sc3cc(=O)ccc-3[nH+]c2cc1CC1CCCCC1.[Br-]. The predicted octanol–water partition coefficient (Wildman–Crippen LogP) is 0.889. The fraction of sp³-hybridized carbons (Fsp3) is 0.368. The number of halogens is 1. The zero-order valence-corrected chi connectivity index (χ0v) is 15.9. The van der Waals surface area contributed by atoms with Crippen molar-refractivity contribution in [1.29, 1.82) is 0 Å². The topological polar surface area (TPSA) is 57.2 Å². The van der Waals surface area contributed by atoms with Crippen molar-refractivity contribution in [2.24, 2.45) is 5.92 Å². The highest BCUT2D eigenvalue weighted by molar-refractivity contribution is 7.21. The number of nitrogens with one attached hydrogen (secondary N) is 1. The van der Waals surface area contributed by atoms with Crippen molar-refractivity contribution in [3.63, 3.8) is 0 Å². The van der Waals surface area contributed by atoms with Crippen molar-refractivity contribution < 1.29 is 22.0 Å². The van der Waals surface area contributed by atoms with Gasteiger partial charge in [-0.25, -0.2) is 4.98 Å². The van der Waals surface area contributed by atoms with Gasteiger partial charge in [-0.2, -0.15) is 0 Å². The van der Waals surface area contributed by atoms with Crippen LogP contribution in [0.3, 0.4) is 0 Å². The van der Waals surface area contributed by atoms with Gasteiger partial charge in [0.15, 0.2) is 5.43 Å². The molecule has 3 N–H and O–H groups in total. The third-order valence-corrected chi connectivity index (χ3v) is 6.03. The highest BCUT2D eigenvalue weighted by Crippen LogP contribution is 2.32. The Labute approximate surface area is 156 Å². The zero-order chi connectivity index (χ0) is 15.8. The minimum absolute atomic E-state index is 0. The summed E-state index contributed by atoms with van der Waals surface area (Å²) in [7, 11) is 0. The molecule has 1 aliphatic heterocycles. The first-order valence-electron chi connectivity index (χ1n) is 8.37.